The molecule has 0 bridgehead atoms. The summed E-state index contributed by atoms with van der Waals surface area (Å²) >= 11 is 9.21. The standard InChI is InChI=1S/C12H9BrClFN2O/c13-8-1-2-10(15)11(4-8)18-12-9(14)3-7(5-16)6-17-12/h1-4,6H,5,16H2. The van der Waals surface area contributed by atoms with Crippen LogP contribution in [0.15, 0.2) is 34.9 Å². The van der Waals surface area contributed by atoms with E-state index in [0.29, 0.717) is 11.0 Å². The number of ether oxygens (including phenoxy) is 1. The molecule has 1 aromatic heterocycles. The number of aromatic nitrogens is 1. The van der Waals surface area contributed by atoms with Crippen molar-refractivity contribution in [3.8, 4) is 11.6 Å². The van der Waals surface area contributed by atoms with E-state index >= 15 is 0 Å². The Labute approximate surface area is 117 Å². The van der Waals surface area contributed by atoms with Crippen LogP contribution in [0.5, 0.6) is 11.6 Å². The van der Waals surface area contributed by atoms with Gasteiger partial charge in [-0.2, -0.15) is 0 Å². The Hall–Kier alpha value is -1.17. The molecule has 0 aliphatic heterocycles. The van der Waals surface area contributed by atoms with Gasteiger partial charge in [-0.1, -0.05) is 27.5 Å². The topological polar surface area (TPSA) is 48.1 Å². The van der Waals surface area contributed by atoms with E-state index in [-0.39, 0.29) is 16.7 Å². The van der Waals surface area contributed by atoms with Crippen LogP contribution in [-0.4, -0.2) is 4.98 Å². The highest BCUT2D eigenvalue weighted by Crippen LogP contribution is 2.30. The van der Waals surface area contributed by atoms with E-state index in [4.69, 9.17) is 22.1 Å². The summed E-state index contributed by atoms with van der Waals surface area (Å²) in [6, 6.07) is 6.01. The SMILES string of the molecule is NCc1cnc(Oc2cc(Br)ccc2F)c(Cl)c1. The first-order valence-electron chi connectivity index (χ1n) is 5.07. The lowest BCUT2D eigenvalue weighted by molar-refractivity contribution is 0.427. The average Bonchev–Trinajstić information content (AvgIpc) is 2.36. The first-order chi connectivity index (χ1) is 8.60. The molecule has 0 radical (unpaired) electrons. The minimum Gasteiger partial charge on any atom is -0.434 e. The van der Waals surface area contributed by atoms with Crippen LogP contribution >= 0.6 is 27.5 Å². The van der Waals surface area contributed by atoms with Gasteiger partial charge in [-0.3, -0.25) is 0 Å². The highest BCUT2D eigenvalue weighted by Gasteiger charge is 2.10. The number of hydrogen-bond donors (Lipinski definition) is 1. The number of pyridine rings is 1. The second-order valence-electron chi connectivity index (χ2n) is 3.51. The molecule has 0 atom stereocenters. The summed E-state index contributed by atoms with van der Waals surface area (Å²) in [4.78, 5) is 4.00. The smallest absolute Gasteiger partial charge is 0.238 e. The zero-order chi connectivity index (χ0) is 13.1. The largest absolute Gasteiger partial charge is 0.434 e. The van der Waals surface area contributed by atoms with Gasteiger partial charge < -0.3 is 10.5 Å². The molecule has 18 heavy (non-hydrogen) atoms. The minimum atomic E-state index is -0.487. The third kappa shape index (κ3) is 2.98. The Morgan fingerprint density at radius 1 is 1.39 bits per heavy atom. The molecule has 0 amide bonds. The van der Waals surface area contributed by atoms with Crippen molar-refractivity contribution in [2.24, 2.45) is 5.73 Å². The fourth-order valence-electron chi connectivity index (χ4n) is 1.31. The van der Waals surface area contributed by atoms with E-state index in [0.717, 1.165) is 5.56 Å². The van der Waals surface area contributed by atoms with E-state index < -0.39 is 5.82 Å². The Kier molecular flexibility index (Phi) is 4.16. The normalized spacial score (nSPS) is 10.4. The van der Waals surface area contributed by atoms with Gasteiger partial charge in [0.25, 0.3) is 0 Å². The lowest BCUT2D eigenvalue weighted by Crippen LogP contribution is -1.98. The van der Waals surface area contributed by atoms with Crippen molar-refractivity contribution in [2.45, 2.75) is 6.54 Å². The monoisotopic (exact) mass is 330 g/mol. The van der Waals surface area contributed by atoms with Gasteiger partial charge in [0.1, 0.15) is 5.02 Å². The zero-order valence-corrected chi connectivity index (χ0v) is 11.5. The molecule has 1 heterocycles. The van der Waals surface area contributed by atoms with Gasteiger partial charge >= 0.3 is 0 Å². The molecule has 1 aromatic carbocycles. The van der Waals surface area contributed by atoms with Crippen LogP contribution in [0, 0.1) is 5.82 Å². The molecule has 6 heteroatoms. The molecule has 0 spiro atoms. The summed E-state index contributed by atoms with van der Waals surface area (Å²) in [5.74, 6) is -0.288. The maximum atomic E-state index is 13.5. The fourth-order valence-corrected chi connectivity index (χ4v) is 1.88. The molecule has 3 nitrogen and oxygen atoms in total. The first kappa shape index (κ1) is 13.3. The van der Waals surface area contributed by atoms with E-state index in [2.05, 4.69) is 20.9 Å². The maximum absolute atomic E-state index is 13.5. The van der Waals surface area contributed by atoms with Gasteiger partial charge in [-0.25, -0.2) is 9.37 Å². The Balaban J connectivity index is 2.31. The van der Waals surface area contributed by atoms with Gasteiger partial charge in [0.2, 0.25) is 5.88 Å². The van der Waals surface area contributed by atoms with Gasteiger partial charge in [0.15, 0.2) is 11.6 Å². The van der Waals surface area contributed by atoms with Crippen LogP contribution < -0.4 is 10.5 Å². The molecule has 0 fully saturated rings. The molecule has 0 saturated carbocycles. The lowest BCUT2D eigenvalue weighted by atomic mass is 10.3. The van der Waals surface area contributed by atoms with E-state index in [1.54, 1.807) is 12.1 Å². The molecule has 94 valence electrons. The molecule has 2 N–H and O–H groups in total. The van der Waals surface area contributed by atoms with Crippen molar-refractivity contribution in [3.05, 3.63) is 51.3 Å². The molecule has 2 aromatic rings. The van der Waals surface area contributed by atoms with Crippen molar-refractivity contribution < 1.29 is 9.13 Å². The number of benzene rings is 1. The van der Waals surface area contributed by atoms with Crippen LogP contribution in [0.4, 0.5) is 4.39 Å². The fraction of sp³-hybridized carbons (Fsp3) is 0.0833. The zero-order valence-electron chi connectivity index (χ0n) is 9.16. The summed E-state index contributed by atoms with van der Waals surface area (Å²) < 4.78 is 19.5. The van der Waals surface area contributed by atoms with Gasteiger partial charge in [0, 0.05) is 17.2 Å². The van der Waals surface area contributed by atoms with Crippen molar-refractivity contribution in [1.29, 1.82) is 0 Å². The summed E-state index contributed by atoms with van der Waals surface area (Å²) in [5.41, 5.74) is 6.24. The van der Waals surface area contributed by atoms with Crippen LogP contribution in [-0.2, 0) is 6.54 Å². The Morgan fingerprint density at radius 3 is 2.83 bits per heavy atom. The first-order valence-corrected chi connectivity index (χ1v) is 6.24. The van der Waals surface area contributed by atoms with Gasteiger partial charge in [0.05, 0.1) is 0 Å². The molecule has 0 aliphatic carbocycles. The second-order valence-corrected chi connectivity index (χ2v) is 4.83. The quantitative estimate of drug-likeness (QED) is 0.928. The molecular weight excluding hydrogens is 323 g/mol. The van der Waals surface area contributed by atoms with E-state index in [1.807, 2.05) is 0 Å². The molecular formula is C12H9BrClFN2O. The molecule has 2 rings (SSSR count). The predicted molar refractivity (Wildman–Crippen MR) is 71.3 cm³/mol. The third-order valence-electron chi connectivity index (χ3n) is 2.20. The number of rotatable bonds is 3. The lowest BCUT2D eigenvalue weighted by Gasteiger charge is -2.08. The van der Waals surface area contributed by atoms with E-state index in [9.17, 15) is 4.39 Å². The Bertz CT molecular complexity index is 580. The molecule has 0 saturated heterocycles. The van der Waals surface area contributed by atoms with Crippen molar-refractivity contribution >= 4 is 27.5 Å². The number of nitrogens with zero attached hydrogens (tertiary/aromatic N) is 1. The predicted octanol–water partition coefficient (Wildman–Crippen LogP) is 3.89. The molecule has 0 aliphatic rings. The van der Waals surface area contributed by atoms with Crippen molar-refractivity contribution in [3.63, 3.8) is 0 Å². The minimum absolute atomic E-state index is 0.0549. The van der Waals surface area contributed by atoms with E-state index in [1.165, 1.54) is 18.3 Å². The van der Waals surface area contributed by atoms with Crippen molar-refractivity contribution in [2.75, 3.05) is 0 Å². The maximum Gasteiger partial charge on any atom is 0.238 e. The third-order valence-corrected chi connectivity index (χ3v) is 2.96. The van der Waals surface area contributed by atoms with Crippen LogP contribution in [0.25, 0.3) is 0 Å². The molecule has 0 unspecified atom stereocenters. The summed E-state index contributed by atoms with van der Waals surface area (Å²) in [7, 11) is 0. The van der Waals surface area contributed by atoms with Crippen molar-refractivity contribution in [1.82, 2.24) is 4.98 Å². The summed E-state index contributed by atoms with van der Waals surface area (Å²) in [6.07, 6.45) is 1.54. The van der Waals surface area contributed by atoms with Crippen LogP contribution in [0.2, 0.25) is 5.02 Å². The average molecular weight is 332 g/mol. The highest BCUT2D eigenvalue weighted by atomic mass is 79.9. The highest BCUT2D eigenvalue weighted by molar-refractivity contribution is 9.10. The van der Waals surface area contributed by atoms with Crippen LogP contribution in [0.1, 0.15) is 5.56 Å². The Morgan fingerprint density at radius 2 is 2.17 bits per heavy atom. The number of halogens is 3. The summed E-state index contributed by atoms with van der Waals surface area (Å²) in [6.45, 7) is 0.332. The van der Waals surface area contributed by atoms with Gasteiger partial charge in [-0.05, 0) is 29.8 Å². The summed E-state index contributed by atoms with van der Waals surface area (Å²) in [5, 5.41) is 0.289. The second kappa shape index (κ2) is 5.65. The van der Waals surface area contributed by atoms with Gasteiger partial charge in [-0.15, -0.1) is 0 Å². The van der Waals surface area contributed by atoms with Crippen LogP contribution in [0.3, 0.4) is 0 Å². The number of hydrogen-bond acceptors (Lipinski definition) is 3. The number of nitrogens with two attached hydrogens (primary N) is 1.